The van der Waals surface area contributed by atoms with Gasteiger partial charge in [0, 0.05) is 18.8 Å². The van der Waals surface area contributed by atoms with Gasteiger partial charge in [0.05, 0.1) is 6.54 Å². The van der Waals surface area contributed by atoms with Crippen LogP contribution in [0.3, 0.4) is 0 Å². The van der Waals surface area contributed by atoms with Crippen molar-refractivity contribution in [2.24, 2.45) is 11.5 Å². The molecule has 0 fully saturated rings. The molecule has 0 atom stereocenters. The number of hydrogen-bond donors (Lipinski definition) is 2. The third kappa shape index (κ3) is 2.95. The van der Waals surface area contributed by atoms with Crippen LogP contribution in [0.5, 0.6) is 0 Å². The molecule has 1 amide bonds. The van der Waals surface area contributed by atoms with Gasteiger partial charge in [-0.1, -0.05) is 18.2 Å². The molecule has 1 aromatic rings. The molecule has 0 aliphatic heterocycles. The number of amides is 1. The van der Waals surface area contributed by atoms with E-state index in [9.17, 15) is 4.79 Å². The largest absolute Gasteiger partial charge is 0.368 e. The van der Waals surface area contributed by atoms with E-state index in [1.807, 2.05) is 36.1 Å². The first kappa shape index (κ1) is 11.5. The molecule has 1 rings (SSSR count). The Hall–Kier alpha value is -1.55. The summed E-state index contributed by atoms with van der Waals surface area (Å²) in [5, 5.41) is 0. The highest BCUT2D eigenvalue weighted by molar-refractivity contribution is 5.79. The van der Waals surface area contributed by atoms with Crippen LogP contribution in [0.4, 0.5) is 5.69 Å². The van der Waals surface area contributed by atoms with Crippen molar-refractivity contribution in [1.29, 1.82) is 0 Å². The summed E-state index contributed by atoms with van der Waals surface area (Å²) in [7, 11) is 0. The van der Waals surface area contributed by atoms with Crippen molar-refractivity contribution in [2.45, 2.75) is 13.5 Å². The summed E-state index contributed by atoms with van der Waals surface area (Å²) in [6.45, 7) is 3.41. The SMILES string of the molecule is CCN(CC(N)=O)c1ccccc1CN. The molecule has 0 aliphatic rings. The Bertz CT molecular complexity index is 338. The maximum atomic E-state index is 10.9. The smallest absolute Gasteiger partial charge is 0.236 e. The van der Waals surface area contributed by atoms with Crippen LogP contribution in [0, 0.1) is 0 Å². The molecular weight excluding hydrogens is 190 g/mol. The van der Waals surface area contributed by atoms with E-state index in [1.54, 1.807) is 0 Å². The molecule has 1 aromatic carbocycles. The molecule has 0 saturated heterocycles. The summed E-state index contributed by atoms with van der Waals surface area (Å²) < 4.78 is 0. The topological polar surface area (TPSA) is 72.3 Å². The van der Waals surface area contributed by atoms with E-state index in [0.717, 1.165) is 17.8 Å². The van der Waals surface area contributed by atoms with Crippen LogP contribution in [0.25, 0.3) is 0 Å². The van der Waals surface area contributed by atoms with Gasteiger partial charge in [-0.2, -0.15) is 0 Å². The molecule has 0 unspecified atom stereocenters. The molecule has 0 aromatic heterocycles. The van der Waals surface area contributed by atoms with Crippen molar-refractivity contribution in [1.82, 2.24) is 0 Å². The monoisotopic (exact) mass is 207 g/mol. The first-order valence-electron chi connectivity index (χ1n) is 5.00. The number of nitrogens with zero attached hydrogens (tertiary/aromatic N) is 1. The van der Waals surface area contributed by atoms with Gasteiger partial charge in [-0.3, -0.25) is 4.79 Å². The second kappa shape index (κ2) is 5.36. The zero-order chi connectivity index (χ0) is 11.3. The lowest BCUT2D eigenvalue weighted by Gasteiger charge is -2.23. The van der Waals surface area contributed by atoms with Gasteiger partial charge in [-0.25, -0.2) is 0 Å². The van der Waals surface area contributed by atoms with Crippen molar-refractivity contribution in [3.05, 3.63) is 29.8 Å². The van der Waals surface area contributed by atoms with E-state index >= 15 is 0 Å². The van der Waals surface area contributed by atoms with Gasteiger partial charge in [0.15, 0.2) is 0 Å². The lowest BCUT2D eigenvalue weighted by atomic mass is 10.1. The molecule has 4 N–H and O–H groups in total. The zero-order valence-electron chi connectivity index (χ0n) is 8.94. The number of para-hydroxylation sites is 1. The highest BCUT2D eigenvalue weighted by Crippen LogP contribution is 2.19. The molecule has 15 heavy (non-hydrogen) atoms. The number of carbonyl (C=O) groups excluding carboxylic acids is 1. The predicted molar refractivity (Wildman–Crippen MR) is 61.4 cm³/mol. The van der Waals surface area contributed by atoms with Crippen LogP contribution >= 0.6 is 0 Å². The van der Waals surface area contributed by atoms with Crippen molar-refractivity contribution >= 4 is 11.6 Å². The molecule has 0 bridgehead atoms. The van der Waals surface area contributed by atoms with Gasteiger partial charge in [0.25, 0.3) is 0 Å². The average Bonchev–Trinajstić information content (AvgIpc) is 2.25. The van der Waals surface area contributed by atoms with E-state index < -0.39 is 0 Å². The number of carbonyl (C=O) groups is 1. The van der Waals surface area contributed by atoms with Gasteiger partial charge >= 0.3 is 0 Å². The molecule has 0 spiro atoms. The number of primary amides is 1. The van der Waals surface area contributed by atoms with E-state index in [-0.39, 0.29) is 12.5 Å². The first-order valence-corrected chi connectivity index (χ1v) is 5.00. The van der Waals surface area contributed by atoms with Crippen LogP contribution in [0.1, 0.15) is 12.5 Å². The second-order valence-electron chi connectivity index (χ2n) is 3.31. The maximum absolute atomic E-state index is 10.9. The number of anilines is 1. The molecule has 82 valence electrons. The molecule has 0 heterocycles. The van der Waals surface area contributed by atoms with Crippen LogP contribution in [-0.2, 0) is 11.3 Å². The number of nitrogens with two attached hydrogens (primary N) is 2. The molecule has 0 aliphatic carbocycles. The Kier molecular flexibility index (Phi) is 4.12. The fourth-order valence-corrected chi connectivity index (χ4v) is 1.55. The van der Waals surface area contributed by atoms with E-state index in [0.29, 0.717) is 6.54 Å². The first-order chi connectivity index (χ1) is 7.19. The van der Waals surface area contributed by atoms with Gasteiger partial charge in [0.1, 0.15) is 0 Å². The Balaban J connectivity index is 2.95. The lowest BCUT2D eigenvalue weighted by Crippen LogP contribution is -2.34. The fourth-order valence-electron chi connectivity index (χ4n) is 1.55. The van der Waals surface area contributed by atoms with Gasteiger partial charge in [-0.15, -0.1) is 0 Å². The summed E-state index contributed by atoms with van der Waals surface area (Å²) in [6, 6.07) is 7.77. The average molecular weight is 207 g/mol. The summed E-state index contributed by atoms with van der Waals surface area (Å²) >= 11 is 0. The summed E-state index contributed by atoms with van der Waals surface area (Å²) in [5.41, 5.74) is 12.8. The quantitative estimate of drug-likeness (QED) is 0.736. The summed E-state index contributed by atoms with van der Waals surface area (Å²) in [6.07, 6.45) is 0. The van der Waals surface area contributed by atoms with Crippen LogP contribution < -0.4 is 16.4 Å². The number of hydrogen-bond acceptors (Lipinski definition) is 3. The number of rotatable bonds is 5. The molecule has 0 saturated carbocycles. The van der Waals surface area contributed by atoms with Crippen LogP contribution in [-0.4, -0.2) is 19.0 Å². The standard InChI is InChI=1S/C11H17N3O/c1-2-14(8-11(13)15)10-6-4-3-5-9(10)7-12/h3-6H,2,7-8,12H2,1H3,(H2,13,15). The minimum atomic E-state index is -0.330. The van der Waals surface area contributed by atoms with Crippen LogP contribution in [0.15, 0.2) is 24.3 Å². The normalized spacial score (nSPS) is 10.0. The van der Waals surface area contributed by atoms with Crippen LogP contribution in [0.2, 0.25) is 0 Å². The van der Waals surface area contributed by atoms with E-state index in [1.165, 1.54) is 0 Å². The minimum Gasteiger partial charge on any atom is -0.368 e. The Morgan fingerprint density at radius 2 is 2.07 bits per heavy atom. The van der Waals surface area contributed by atoms with Gasteiger partial charge in [-0.05, 0) is 18.6 Å². The minimum absolute atomic E-state index is 0.230. The maximum Gasteiger partial charge on any atom is 0.236 e. The summed E-state index contributed by atoms with van der Waals surface area (Å²) in [5.74, 6) is -0.330. The van der Waals surface area contributed by atoms with Crippen molar-refractivity contribution in [3.63, 3.8) is 0 Å². The number of benzene rings is 1. The zero-order valence-corrected chi connectivity index (χ0v) is 8.94. The Morgan fingerprint density at radius 3 is 2.60 bits per heavy atom. The van der Waals surface area contributed by atoms with Gasteiger partial charge in [0.2, 0.25) is 5.91 Å². The highest BCUT2D eigenvalue weighted by atomic mass is 16.1. The Labute approximate surface area is 89.9 Å². The third-order valence-corrected chi connectivity index (χ3v) is 2.28. The fraction of sp³-hybridized carbons (Fsp3) is 0.364. The molecule has 4 heteroatoms. The summed E-state index contributed by atoms with van der Waals surface area (Å²) in [4.78, 5) is 12.8. The second-order valence-corrected chi connectivity index (χ2v) is 3.31. The van der Waals surface area contributed by atoms with Crippen molar-refractivity contribution in [2.75, 3.05) is 18.0 Å². The van der Waals surface area contributed by atoms with E-state index in [2.05, 4.69) is 0 Å². The predicted octanol–water partition coefficient (Wildman–Crippen LogP) is 0.457. The van der Waals surface area contributed by atoms with Gasteiger partial charge < -0.3 is 16.4 Å². The van der Waals surface area contributed by atoms with E-state index in [4.69, 9.17) is 11.5 Å². The Morgan fingerprint density at radius 1 is 1.40 bits per heavy atom. The molecule has 0 radical (unpaired) electrons. The lowest BCUT2D eigenvalue weighted by molar-refractivity contribution is -0.116. The number of likely N-dealkylation sites (N-methyl/N-ethyl adjacent to an activating group) is 1. The van der Waals surface area contributed by atoms with Crippen molar-refractivity contribution < 1.29 is 4.79 Å². The molecule has 4 nitrogen and oxygen atoms in total. The highest BCUT2D eigenvalue weighted by Gasteiger charge is 2.10. The molecular formula is C11H17N3O. The third-order valence-electron chi connectivity index (χ3n) is 2.28. The van der Waals surface area contributed by atoms with Crippen molar-refractivity contribution in [3.8, 4) is 0 Å².